The summed E-state index contributed by atoms with van der Waals surface area (Å²) in [6.07, 6.45) is 12.3. The molecule has 4 aliphatic rings. The normalized spacial score (nSPS) is 33.2. The summed E-state index contributed by atoms with van der Waals surface area (Å²) in [5, 5.41) is 2.81. The molecule has 0 aromatic heterocycles. The van der Waals surface area contributed by atoms with Gasteiger partial charge >= 0.3 is 0 Å². The zero-order valence-electron chi connectivity index (χ0n) is 15.2. The average molecular weight is 360 g/mol. The number of likely N-dealkylation sites (tertiary alicyclic amines) is 1. The van der Waals surface area contributed by atoms with Crippen molar-refractivity contribution in [3.05, 3.63) is 12.2 Å². The molecule has 1 aliphatic heterocycles. The Morgan fingerprint density at radius 1 is 1.08 bits per heavy atom. The van der Waals surface area contributed by atoms with Crippen molar-refractivity contribution >= 4 is 17.7 Å². The van der Waals surface area contributed by atoms with Gasteiger partial charge in [-0.2, -0.15) is 0 Å². The molecular weight excluding hydrogens is 332 g/mol. The lowest BCUT2D eigenvalue weighted by atomic mass is 9.85. The Morgan fingerprint density at radius 2 is 1.73 bits per heavy atom. The van der Waals surface area contributed by atoms with E-state index in [1.54, 1.807) is 0 Å². The van der Waals surface area contributed by atoms with E-state index in [4.69, 9.17) is 4.74 Å². The van der Waals surface area contributed by atoms with E-state index in [0.29, 0.717) is 19.3 Å². The Labute approximate surface area is 154 Å². The first-order chi connectivity index (χ1) is 12.6. The smallest absolute Gasteiger partial charge is 0.240 e. The molecule has 3 amide bonds. The standard InChI is InChI=1S/C20H28N2O4/c23-16(21-9-4-10-26-15-5-2-1-3-6-15)12-22-19(24)17-13-7-8-14(11-13)18(17)20(22)25/h7-8,13-15,17-18H,1-6,9-12H2,(H,21,23)/t13-,14-,17-,18+/m0/s1. The summed E-state index contributed by atoms with van der Waals surface area (Å²) < 4.78 is 5.84. The summed E-state index contributed by atoms with van der Waals surface area (Å²) in [4.78, 5) is 38.4. The van der Waals surface area contributed by atoms with Gasteiger partial charge in [0, 0.05) is 13.2 Å². The van der Waals surface area contributed by atoms with Crippen molar-refractivity contribution in [3.8, 4) is 0 Å². The minimum atomic E-state index is -0.260. The zero-order chi connectivity index (χ0) is 18.1. The van der Waals surface area contributed by atoms with Gasteiger partial charge in [0.2, 0.25) is 17.7 Å². The number of nitrogens with zero attached hydrogens (tertiary/aromatic N) is 1. The molecular formula is C20H28N2O4. The van der Waals surface area contributed by atoms with Gasteiger partial charge in [-0.3, -0.25) is 19.3 Å². The minimum absolute atomic E-state index is 0.145. The summed E-state index contributed by atoms with van der Waals surface area (Å²) in [5.74, 6) is -0.661. The van der Waals surface area contributed by atoms with Crippen LogP contribution in [-0.2, 0) is 19.1 Å². The maximum absolute atomic E-state index is 12.5. The number of carbonyl (C=O) groups is 3. The number of hydrogen-bond acceptors (Lipinski definition) is 4. The lowest BCUT2D eigenvalue weighted by Crippen LogP contribution is -2.42. The van der Waals surface area contributed by atoms with Gasteiger partial charge in [-0.15, -0.1) is 0 Å². The molecule has 142 valence electrons. The molecule has 1 saturated heterocycles. The van der Waals surface area contributed by atoms with Crippen LogP contribution in [0.4, 0.5) is 0 Å². The van der Waals surface area contributed by atoms with Crippen molar-refractivity contribution in [2.24, 2.45) is 23.7 Å². The summed E-state index contributed by atoms with van der Waals surface area (Å²) in [6.45, 7) is 1.01. The Kier molecular flexibility index (Phi) is 5.11. The number of rotatable bonds is 7. The van der Waals surface area contributed by atoms with Crippen LogP contribution < -0.4 is 5.32 Å². The molecule has 3 fully saturated rings. The van der Waals surface area contributed by atoms with E-state index in [0.717, 1.165) is 25.7 Å². The van der Waals surface area contributed by atoms with Gasteiger partial charge in [0.15, 0.2) is 0 Å². The number of carbonyl (C=O) groups excluding carboxylic acids is 3. The van der Waals surface area contributed by atoms with E-state index in [-0.39, 0.29) is 47.9 Å². The van der Waals surface area contributed by atoms with Gasteiger partial charge in [0.05, 0.1) is 17.9 Å². The van der Waals surface area contributed by atoms with E-state index in [2.05, 4.69) is 17.5 Å². The van der Waals surface area contributed by atoms with E-state index in [9.17, 15) is 14.4 Å². The molecule has 2 bridgehead atoms. The van der Waals surface area contributed by atoms with Crippen LogP contribution in [0, 0.1) is 23.7 Å². The highest BCUT2D eigenvalue weighted by atomic mass is 16.5. The number of amides is 3. The van der Waals surface area contributed by atoms with Crippen LogP contribution in [0.1, 0.15) is 44.9 Å². The quantitative estimate of drug-likeness (QED) is 0.425. The van der Waals surface area contributed by atoms with Gasteiger partial charge in [0.25, 0.3) is 0 Å². The monoisotopic (exact) mass is 360 g/mol. The lowest BCUT2D eigenvalue weighted by molar-refractivity contribution is -0.144. The Hall–Kier alpha value is -1.69. The maximum atomic E-state index is 12.5. The molecule has 26 heavy (non-hydrogen) atoms. The van der Waals surface area contributed by atoms with Crippen molar-refractivity contribution in [3.63, 3.8) is 0 Å². The highest BCUT2D eigenvalue weighted by molar-refractivity contribution is 6.08. The number of imide groups is 1. The zero-order valence-corrected chi connectivity index (χ0v) is 15.2. The largest absolute Gasteiger partial charge is 0.378 e. The Balaban J connectivity index is 1.17. The van der Waals surface area contributed by atoms with Gasteiger partial charge in [-0.25, -0.2) is 0 Å². The van der Waals surface area contributed by atoms with Crippen LogP contribution in [-0.4, -0.2) is 48.4 Å². The fraction of sp³-hybridized carbons (Fsp3) is 0.750. The van der Waals surface area contributed by atoms with Crippen molar-refractivity contribution in [1.82, 2.24) is 10.2 Å². The Bertz CT molecular complexity index is 581. The van der Waals surface area contributed by atoms with Crippen LogP contribution in [0.2, 0.25) is 0 Å². The lowest BCUT2D eigenvalue weighted by Gasteiger charge is -2.22. The number of fused-ring (bicyclic) bond motifs is 5. The molecule has 6 nitrogen and oxygen atoms in total. The first kappa shape index (κ1) is 17.7. The minimum Gasteiger partial charge on any atom is -0.378 e. The summed E-state index contributed by atoms with van der Waals surface area (Å²) in [7, 11) is 0. The number of hydrogen-bond donors (Lipinski definition) is 1. The number of nitrogens with one attached hydrogen (secondary N) is 1. The topological polar surface area (TPSA) is 75.7 Å². The predicted molar refractivity (Wildman–Crippen MR) is 94.9 cm³/mol. The van der Waals surface area contributed by atoms with Crippen molar-refractivity contribution < 1.29 is 19.1 Å². The second-order valence-electron chi connectivity index (χ2n) is 8.10. The highest BCUT2D eigenvalue weighted by Gasteiger charge is 2.59. The molecule has 2 saturated carbocycles. The average Bonchev–Trinajstić information content (AvgIpc) is 3.32. The van der Waals surface area contributed by atoms with Gasteiger partial charge < -0.3 is 10.1 Å². The molecule has 0 spiro atoms. The van der Waals surface area contributed by atoms with Crippen molar-refractivity contribution in [2.75, 3.05) is 19.7 Å². The number of allylic oxidation sites excluding steroid dienone is 2. The molecule has 1 heterocycles. The van der Waals surface area contributed by atoms with Crippen molar-refractivity contribution in [2.45, 2.75) is 51.0 Å². The third-order valence-corrected chi connectivity index (χ3v) is 6.41. The van der Waals surface area contributed by atoms with Gasteiger partial charge in [-0.05, 0) is 37.5 Å². The van der Waals surface area contributed by atoms with Crippen LogP contribution >= 0.6 is 0 Å². The number of ether oxygens (including phenoxy) is 1. The van der Waals surface area contributed by atoms with Crippen molar-refractivity contribution in [1.29, 1.82) is 0 Å². The fourth-order valence-corrected chi connectivity index (χ4v) is 5.10. The second kappa shape index (κ2) is 7.51. The van der Waals surface area contributed by atoms with Crippen LogP contribution in [0.25, 0.3) is 0 Å². The molecule has 6 heteroatoms. The molecule has 0 aromatic carbocycles. The summed E-state index contributed by atoms with van der Waals surface area (Å²) in [6, 6.07) is 0. The van der Waals surface area contributed by atoms with E-state index in [1.807, 2.05) is 0 Å². The first-order valence-electron chi connectivity index (χ1n) is 10.1. The summed E-state index contributed by atoms with van der Waals surface area (Å²) in [5.41, 5.74) is 0. The first-order valence-corrected chi connectivity index (χ1v) is 10.1. The van der Waals surface area contributed by atoms with E-state index >= 15 is 0 Å². The van der Waals surface area contributed by atoms with Gasteiger partial charge in [0.1, 0.15) is 6.54 Å². The second-order valence-corrected chi connectivity index (χ2v) is 8.10. The predicted octanol–water partition coefficient (Wildman–Crippen LogP) is 1.65. The molecule has 3 aliphatic carbocycles. The molecule has 0 aromatic rings. The van der Waals surface area contributed by atoms with Crippen LogP contribution in [0.3, 0.4) is 0 Å². The Morgan fingerprint density at radius 3 is 2.38 bits per heavy atom. The third-order valence-electron chi connectivity index (χ3n) is 6.41. The molecule has 0 unspecified atom stereocenters. The molecule has 1 N–H and O–H groups in total. The SMILES string of the molecule is O=C(CN1C(=O)[C@@H]2[C@H](C1=O)[C@H]1C=C[C@H]2C1)NCCCOC1CCCCC1. The maximum Gasteiger partial charge on any atom is 0.240 e. The highest BCUT2D eigenvalue weighted by Crippen LogP contribution is 2.52. The molecule has 4 atom stereocenters. The van der Waals surface area contributed by atoms with Crippen LogP contribution in [0.5, 0.6) is 0 Å². The molecule has 4 rings (SSSR count). The van der Waals surface area contributed by atoms with E-state index in [1.165, 1.54) is 24.2 Å². The molecule has 0 radical (unpaired) electrons. The van der Waals surface area contributed by atoms with E-state index < -0.39 is 0 Å². The van der Waals surface area contributed by atoms with Gasteiger partial charge in [-0.1, -0.05) is 31.4 Å². The van der Waals surface area contributed by atoms with Crippen LogP contribution in [0.15, 0.2) is 12.2 Å². The summed E-state index contributed by atoms with van der Waals surface area (Å²) >= 11 is 0. The fourth-order valence-electron chi connectivity index (χ4n) is 5.10. The third kappa shape index (κ3) is 3.31.